The normalized spacial score (nSPS) is 54.8. The SMILES string of the molecule is OC[C@@H]1O[C@H](OC2CC3C(O)CC(O)CC3OC2C2CCC(O)C(O)C2)[C@H](O)[C@H](O)[C@@H]1O. The molecule has 2 aliphatic carbocycles. The highest BCUT2D eigenvalue weighted by Gasteiger charge is 2.51. The van der Waals surface area contributed by atoms with E-state index in [1.54, 1.807) is 0 Å². The molecule has 9 unspecified atom stereocenters. The Hall–Kier alpha value is -0.440. The summed E-state index contributed by atoms with van der Waals surface area (Å²) in [6.45, 7) is -0.580. The van der Waals surface area contributed by atoms with Crippen LogP contribution in [-0.4, -0.2) is 121 Å². The molecule has 2 saturated carbocycles. The Morgan fingerprint density at radius 3 is 2.16 bits per heavy atom. The van der Waals surface area contributed by atoms with Gasteiger partial charge in [0.2, 0.25) is 0 Å². The Kier molecular flexibility index (Phi) is 7.75. The molecule has 14 atom stereocenters. The van der Waals surface area contributed by atoms with Crippen LogP contribution < -0.4 is 0 Å². The molecule has 0 spiro atoms. The molecule has 186 valence electrons. The summed E-state index contributed by atoms with van der Waals surface area (Å²) in [5.74, 6) is -0.496. The van der Waals surface area contributed by atoms with Crippen molar-refractivity contribution in [1.82, 2.24) is 0 Å². The summed E-state index contributed by atoms with van der Waals surface area (Å²) in [5.41, 5.74) is 0. The van der Waals surface area contributed by atoms with E-state index >= 15 is 0 Å². The Labute approximate surface area is 186 Å². The molecule has 4 aliphatic rings. The number of aliphatic hydroxyl groups excluding tert-OH is 8. The number of hydrogen-bond donors (Lipinski definition) is 8. The van der Waals surface area contributed by atoms with Crippen molar-refractivity contribution in [1.29, 1.82) is 0 Å². The second kappa shape index (κ2) is 10.0. The maximum absolute atomic E-state index is 10.5. The zero-order chi connectivity index (χ0) is 23.2. The fourth-order valence-electron chi connectivity index (χ4n) is 5.76. The van der Waals surface area contributed by atoms with Crippen LogP contribution in [-0.2, 0) is 14.2 Å². The molecule has 4 fully saturated rings. The minimum Gasteiger partial charge on any atom is -0.394 e. The number of aliphatic hydroxyl groups is 8. The topological polar surface area (TPSA) is 190 Å². The molecular weight excluding hydrogens is 428 g/mol. The molecule has 0 aromatic carbocycles. The van der Waals surface area contributed by atoms with Crippen molar-refractivity contribution < 1.29 is 55.1 Å². The smallest absolute Gasteiger partial charge is 0.187 e. The van der Waals surface area contributed by atoms with Gasteiger partial charge in [0.15, 0.2) is 6.29 Å². The van der Waals surface area contributed by atoms with Gasteiger partial charge in [-0.2, -0.15) is 0 Å². The fourth-order valence-corrected chi connectivity index (χ4v) is 5.76. The molecule has 11 nitrogen and oxygen atoms in total. The first kappa shape index (κ1) is 24.7. The highest BCUT2D eigenvalue weighted by atomic mass is 16.7. The average molecular weight is 465 g/mol. The number of rotatable bonds is 4. The van der Waals surface area contributed by atoms with Crippen molar-refractivity contribution in [2.24, 2.45) is 11.8 Å². The Morgan fingerprint density at radius 2 is 1.47 bits per heavy atom. The highest BCUT2D eigenvalue weighted by Crippen LogP contribution is 2.43. The fraction of sp³-hybridized carbons (Fsp3) is 1.00. The van der Waals surface area contributed by atoms with Crippen LogP contribution in [0.5, 0.6) is 0 Å². The van der Waals surface area contributed by atoms with Crippen LogP contribution >= 0.6 is 0 Å². The lowest BCUT2D eigenvalue weighted by Gasteiger charge is -2.51. The molecule has 0 aromatic heterocycles. The third kappa shape index (κ3) is 4.84. The second-order valence-corrected chi connectivity index (χ2v) is 9.81. The van der Waals surface area contributed by atoms with Crippen molar-refractivity contribution in [3.05, 3.63) is 0 Å². The van der Waals surface area contributed by atoms with E-state index in [1.165, 1.54) is 0 Å². The number of fused-ring (bicyclic) bond motifs is 1. The third-order valence-electron chi connectivity index (χ3n) is 7.64. The van der Waals surface area contributed by atoms with Gasteiger partial charge in [-0.05, 0) is 44.4 Å². The lowest BCUT2D eigenvalue weighted by molar-refractivity contribution is -0.333. The van der Waals surface area contributed by atoms with E-state index in [0.717, 1.165) is 0 Å². The first-order valence-electron chi connectivity index (χ1n) is 11.5. The Bertz CT molecular complexity index is 621. The van der Waals surface area contributed by atoms with Crippen LogP contribution in [0.15, 0.2) is 0 Å². The van der Waals surface area contributed by atoms with E-state index in [9.17, 15) is 40.9 Å². The lowest BCUT2D eigenvalue weighted by Crippen LogP contribution is -2.62. The Morgan fingerprint density at radius 1 is 0.719 bits per heavy atom. The van der Waals surface area contributed by atoms with Gasteiger partial charge in [-0.3, -0.25) is 0 Å². The molecule has 0 amide bonds. The standard InChI is InChI=1S/C21H36O11/c22-7-16-17(27)18(28)19(29)21(32-16)31-15-6-10-12(25)4-9(23)5-14(10)30-20(15)8-1-2-11(24)13(26)3-8/h8-29H,1-7H2/t8?,9?,10?,11?,12?,13?,14?,15?,16-,17+,18+,19+,20?,21-/m0/s1. The molecule has 4 rings (SSSR count). The summed E-state index contributed by atoms with van der Waals surface area (Å²) >= 11 is 0. The van der Waals surface area contributed by atoms with E-state index in [1.807, 2.05) is 0 Å². The third-order valence-corrected chi connectivity index (χ3v) is 7.64. The van der Waals surface area contributed by atoms with Crippen molar-refractivity contribution in [3.8, 4) is 0 Å². The summed E-state index contributed by atoms with van der Waals surface area (Å²) in [7, 11) is 0. The summed E-state index contributed by atoms with van der Waals surface area (Å²) in [5, 5.41) is 80.7. The van der Waals surface area contributed by atoms with Crippen molar-refractivity contribution >= 4 is 0 Å². The van der Waals surface area contributed by atoms with Gasteiger partial charge in [0.05, 0.1) is 49.3 Å². The van der Waals surface area contributed by atoms with E-state index in [-0.39, 0.29) is 24.7 Å². The molecule has 2 heterocycles. The Balaban J connectivity index is 1.54. The number of ether oxygens (including phenoxy) is 3. The molecule has 2 aliphatic heterocycles. The predicted molar refractivity (Wildman–Crippen MR) is 106 cm³/mol. The van der Waals surface area contributed by atoms with Gasteiger partial charge < -0.3 is 55.1 Å². The van der Waals surface area contributed by atoms with E-state index in [0.29, 0.717) is 25.7 Å². The van der Waals surface area contributed by atoms with Gasteiger partial charge in [0.1, 0.15) is 24.4 Å². The number of hydrogen-bond acceptors (Lipinski definition) is 11. The quantitative estimate of drug-likeness (QED) is 0.211. The van der Waals surface area contributed by atoms with Crippen LogP contribution in [0.4, 0.5) is 0 Å². The predicted octanol–water partition coefficient (Wildman–Crippen LogP) is -3.02. The van der Waals surface area contributed by atoms with Gasteiger partial charge >= 0.3 is 0 Å². The summed E-state index contributed by atoms with van der Waals surface area (Å²) in [6.07, 6.45) is -9.82. The van der Waals surface area contributed by atoms with Crippen molar-refractivity contribution in [3.63, 3.8) is 0 Å². The van der Waals surface area contributed by atoms with Crippen LogP contribution in [0.3, 0.4) is 0 Å². The largest absolute Gasteiger partial charge is 0.394 e. The minimum atomic E-state index is -1.58. The van der Waals surface area contributed by atoms with Crippen molar-refractivity contribution in [2.75, 3.05) is 6.61 Å². The van der Waals surface area contributed by atoms with Crippen LogP contribution in [0, 0.1) is 11.8 Å². The molecule has 11 heteroatoms. The lowest BCUT2D eigenvalue weighted by atomic mass is 9.72. The van der Waals surface area contributed by atoms with E-state index in [2.05, 4.69) is 0 Å². The summed E-state index contributed by atoms with van der Waals surface area (Å²) < 4.78 is 17.9. The molecule has 8 N–H and O–H groups in total. The van der Waals surface area contributed by atoms with Crippen LogP contribution in [0.2, 0.25) is 0 Å². The van der Waals surface area contributed by atoms with Gasteiger partial charge in [0.25, 0.3) is 0 Å². The second-order valence-electron chi connectivity index (χ2n) is 9.81. The maximum Gasteiger partial charge on any atom is 0.187 e. The molecule has 0 aromatic rings. The van der Waals surface area contributed by atoms with Crippen LogP contribution in [0.1, 0.15) is 38.5 Å². The molecule has 0 bridgehead atoms. The maximum atomic E-state index is 10.5. The zero-order valence-electron chi connectivity index (χ0n) is 17.8. The van der Waals surface area contributed by atoms with E-state index in [4.69, 9.17) is 14.2 Å². The highest BCUT2D eigenvalue weighted by molar-refractivity contribution is 4.99. The first-order chi connectivity index (χ1) is 15.2. The molecule has 32 heavy (non-hydrogen) atoms. The molecule has 2 saturated heterocycles. The molecule has 0 radical (unpaired) electrons. The zero-order valence-corrected chi connectivity index (χ0v) is 17.8. The minimum absolute atomic E-state index is 0.180. The van der Waals surface area contributed by atoms with Gasteiger partial charge in [-0.15, -0.1) is 0 Å². The average Bonchev–Trinajstić information content (AvgIpc) is 2.76. The summed E-state index contributed by atoms with van der Waals surface area (Å²) in [6, 6.07) is 0. The van der Waals surface area contributed by atoms with E-state index < -0.39 is 80.0 Å². The van der Waals surface area contributed by atoms with Gasteiger partial charge in [-0.1, -0.05) is 0 Å². The van der Waals surface area contributed by atoms with Gasteiger partial charge in [0, 0.05) is 5.92 Å². The first-order valence-corrected chi connectivity index (χ1v) is 11.5. The van der Waals surface area contributed by atoms with Crippen molar-refractivity contribution in [2.45, 2.75) is 112 Å². The van der Waals surface area contributed by atoms with Crippen LogP contribution in [0.25, 0.3) is 0 Å². The van der Waals surface area contributed by atoms with Gasteiger partial charge in [-0.25, -0.2) is 0 Å². The summed E-state index contributed by atoms with van der Waals surface area (Å²) in [4.78, 5) is 0. The molecular formula is C21H36O11. The monoisotopic (exact) mass is 464 g/mol.